The zero-order valence-corrected chi connectivity index (χ0v) is 39.1. The van der Waals surface area contributed by atoms with Crippen LogP contribution in [0, 0.1) is 0 Å². The van der Waals surface area contributed by atoms with Crippen molar-refractivity contribution >= 4 is 11.9 Å². The smallest absolute Gasteiger partial charge is 0.306 e. The standard InChI is InChI=1S/C53H98O5/c1-4-7-10-13-16-19-21-23-25-27-28-30-32-35-37-40-43-46-52(54)57-50-51(58-53(55)47-44-41-38-34-18-15-12-9-6-3)49-56-48-45-42-39-36-33-31-29-26-24-22-20-17-14-11-8-5-2/h8,11,17,20,24,26,51H,4-7,9-10,12-16,18-19,21-23,25,27-50H2,1-3H3/b11-8-,20-17-,26-24-. The van der Waals surface area contributed by atoms with Gasteiger partial charge >= 0.3 is 11.9 Å². The van der Waals surface area contributed by atoms with Crippen LogP contribution >= 0.6 is 0 Å². The van der Waals surface area contributed by atoms with Crippen LogP contribution in [0.4, 0.5) is 0 Å². The molecule has 0 rings (SSSR count). The SMILES string of the molecule is CC/C=C\C/C=C\C/C=C\CCCCCCCCOCC(COC(=O)CCCCCCCCCCCCCCCCCCC)OC(=O)CCCCCCCCCCC. The van der Waals surface area contributed by atoms with Gasteiger partial charge in [0.2, 0.25) is 0 Å². The number of carbonyl (C=O) groups is 2. The molecule has 0 aromatic rings. The molecule has 0 spiro atoms. The Morgan fingerprint density at radius 2 is 0.776 bits per heavy atom. The first kappa shape index (κ1) is 56.1. The number of allylic oxidation sites excluding steroid dienone is 6. The van der Waals surface area contributed by atoms with Crippen LogP contribution in [-0.2, 0) is 23.8 Å². The Hall–Kier alpha value is -1.88. The van der Waals surface area contributed by atoms with Gasteiger partial charge in [0.25, 0.3) is 0 Å². The monoisotopic (exact) mass is 815 g/mol. The van der Waals surface area contributed by atoms with Crippen molar-refractivity contribution in [2.45, 2.75) is 271 Å². The molecule has 0 aliphatic heterocycles. The van der Waals surface area contributed by atoms with E-state index in [4.69, 9.17) is 14.2 Å². The third kappa shape index (κ3) is 46.8. The molecule has 1 unspecified atom stereocenters. The van der Waals surface area contributed by atoms with Crippen molar-refractivity contribution < 1.29 is 23.8 Å². The van der Waals surface area contributed by atoms with Crippen molar-refractivity contribution in [2.24, 2.45) is 0 Å². The fraction of sp³-hybridized carbons (Fsp3) is 0.849. The van der Waals surface area contributed by atoms with Crippen LogP contribution in [0.3, 0.4) is 0 Å². The second-order valence-corrected chi connectivity index (χ2v) is 17.1. The van der Waals surface area contributed by atoms with Crippen LogP contribution in [0.1, 0.15) is 265 Å². The molecule has 0 radical (unpaired) electrons. The van der Waals surface area contributed by atoms with E-state index < -0.39 is 6.10 Å². The Labute approximate surface area is 361 Å². The number of carbonyl (C=O) groups excluding carboxylic acids is 2. The van der Waals surface area contributed by atoms with Gasteiger partial charge in [-0.1, -0.05) is 237 Å². The average Bonchev–Trinajstić information content (AvgIpc) is 3.22. The predicted molar refractivity (Wildman–Crippen MR) is 252 cm³/mol. The maximum Gasteiger partial charge on any atom is 0.306 e. The summed E-state index contributed by atoms with van der Waals surface area (Å²) in [4.78, 5) is 25.3. The number of rotatable bonds is 47. The Morgan fingerprint density at radius 1 is 0.397 bits per heavy atom. The van der Waals surface area contributed by atoms with E-state index in [1.807, 2.05) is 0 Å². The van der Waals surface area contributed by atoms with E-state index in [1.54, 1.807) is 0 Å². The maximum atomic E-state index is 12.7. The quantitative estimate of drug-likeness (QED) is 0.0348. The predicted octanol–water partition coefficient (Wildman–Crippen LogP) is 17.0. The van der Waals surface area contributed by atoms with Crippen molar-refractivity contribution in [1.29, 1.82) is 0 Å². The van der Waals surface area contributed by atoms with Gasteiger partial charge in [-0.2, -0.15) is 0 Å². The van der Waals surface area contributed by atoms with Gasteiger partial charge in [-0.25, -0.2) is 0 Å². The normalized spacial score (nSPS) is 12.4. The molecule has 0 heterocycles. The topological polar surface area (TPSA) is 61.8 Å². The van der Waals surface area contributed by atoms with Gasteiger partial charge in [0, 0.05) is 19.4 Å². The molecular formula is C53H98O5. The summed E-state index contributed by atoms with van der Waals surface area (Å²) in [6.07, 6.45) is 58.7. The van der Waals surface area contributed by atoms with Crippen molar-refractivity contribution in [3.63, 3.8) is 0 Å². The first-order chi connectivity index (χ1) is 28.6. The molecule has 1 atom stereocenters. The first-order valence-corrected chi connectivity index (χ1v) is 25.5. The maximum absolute atomic E-state index is 12.7. The lowest BCUT2D eigenvalue weighted by Gasteiger charge is -2.18. The van der Waals surface area contributed by atoms with Gasteiger partial charge in [0.15, 0.2) is 6.10 Å². The summed E-state index contributed by atoms with van der Waals surface area (Å²) in [7, 11) is 0. The van der Waals surface area contributed by atoms with E-state index in [0.717, 1.165) is 64.2 Å². The summed E-state index contributed by atoms with van der Waals surface area (Å²) in [6, 6.07) is 0. The van der Waals surface area contributed by atoms with Crippen molar-refractivity contribution in [3.05, 3.63) is 36.5 Å². The Kier molecular flexibility index (Phi) is 47.9. The highest BCUT2D eigenvalue weighted by Gasteiger charge is 2.17. The molecule has 5 nitrogen and oxygen atoms in total. The number of hydrogen-bond donors (Lipinski definition) is 0. The summed E-state index contributed by atoms with van der Waals surface area (Å²) in [5.41, 5.74) is 0. The molecule has 0 aliphatic rings. The van der Waals surface area contributed by atoms with Crippen LogP contribution < -0.4 is 0 Å². The molecule has 0 saturated heterocycles. The van der Waals surface area contributed by atoms with Crippen molar-refractivity contribution in [3.8, 4) is 0 Å². The van der Waals surface area contributed by atoms with Gasteiger partial charge in [-0.15, -0.1) is 0 Å². The molecule has 0 amide bonds. The number of unbranched alkanes of at least 4 members (excludes halogenated alkanes) is 30. The van der Waals surface area contributed by atoms with Crippen LogP contribution in [-0.4, -0.2) is 37.9 Å². The molecule has 0 aromatic heterocycles. The minimum atomic E-state index is -0.535. The van der Waals surface area contributed by atoms with Crippen LogP contribution in [0.5, 0.6) is 0 Å². The molecule has 0 fully saturated rings. The number of esters is 2. The van der Waals surface area contributed by atoms with E-state index in [0.29, 0.717) is 19.4 Å². The number of ether oxygens (including phenoxy) is 3. The lowest BCUT2D eigenvalue weighted by Crippen LogP contribution is -2.30. The van der Waals surface area contributed by atoms with Gasteiger partial charge < -0.3 is 14.2 Å². The molecule has 0 aliphatic carbocycles. The molecule has 0 bridgehead atoms. The average molecular weight is 815 g/mol. The summed E-state index contributed by atoms with van der Waals surface area (Å²) < 4.78 is 17.4. The lowest BCUT2D eigenvalue weighted by atomic mass is 10.0. The van der Waals surface area contributed by atoms with Crippen molar-refractivity contribution in [1.82, 2.24) is 0 Å². The summed E-state index contributed by atoms with van der Waals surface area (Å²) in [6.45, 7) is 7.72. The Balaban J connectivity index is 4.16. The molecule has 5 heteroatoms. The van der Waals surface area contributed by atoms with E-state index in [1.165, 1.54) is 167 Å². The van der Waals surface area contributed by atoms with E-state index in [9.17, 15) is 9.59 Å². The fourth-order valence-corrected chi connectivity index (χ4v) is 7.41. The third-order valence-electron chi connectivity index (χ3n) is 11.2. The Bertz CT molecular complexity index is 924. The molecular weight excluding hydrogens is 717 g/mol. The molecule has 0 saturated carbocycles. The summed E-state index contributed by atoms with van der Waals surface area (Å²) in [5, 5.41) is 0. The fourth-order valence-electron chi connectivity index (χ4n) is 7.41. The lowest BCUT2D eigenvalue weighted by molar-refractivity contribution is -0.163. The van der Waals surface area contributed by atoms with Crippen molar-refractivity contribution in [2.75, 3.05) is 19.8 Å². The van der Waals surface area contributed by atoms with Gasteiger partial charge in [-0.3, -0.25) is 9.59 Å². The largest absolute Gasteiger partial charge is 0.462 e. The minimum Gasteiger partial charge on any atom is -0.462 e. The van der Waals surface area contributed by atoms with E-state index in [2.05, 4.69) is 57.2 Å². The van der Waals surface area contributed by atoms with Gasteiger partial charge in [-0.05, 0) is 51.4 Å². The van der Waals surface area contributed by atoms with Crippen LogP contribution in [0.15, 0.2) is 36.5 Å². The second kappa shape index (κ2) is 49.5. The minimum absolute atomic E-state index is 0.0856. The second-order valence-electron chi connectivity index (χ2n) is 17.1. The summed E-state index contributed by atoms with van der Waals surface area (Å²) in [5.74, 6) is -0.393. The molecule has 58 heavy (non-hydrogen) atoms. The molecule has 340 valence electrons. The highest BCUT2D eigenvalue weighted by Crippen LogP contribution is 2.16. The molecule has 0 aromatic carbocycles. The number of hydrogen-bond acceptors (Lipinski definition) is 5. The first-order valence-electron chi connectivity index (χ1n) is 25.5. The third-order valence-corrected chi connectivity index (χ3v) is 11.2. The van der Waals surface area contributed by atoms with E-state index >= 15 is 0 Å². The highest BCUT2D eigenvalue weighted by atomic mass is 16.6. The van der Waals surface area contributed by atoms with Gasteiger partial charge in [0.05, 0.1) is 6.61 Å². The molecule has 0 N–H and O–H groups in total. The van der Waals surface area contributed by atoms with Gasteiger partial charge in [0.1, 0.15) is 6.61 Å². The zero-order chi connectivity index (χ0) is 42.1. The summed E-state index contributed by atoms with van der Waals surface area (Å²) >= 11 is 0. The highest BCUT2D eigenvalue weighted by molar-refractivity contribution is 5.70. The van der Waals surface area contributed by atoms with E-state index in [-0.39, 0.29) is 25.2 Å². The van der Waals surface area contributed by atoms with Crippen LogP contribution in [0.2, 0.25) is 0 Å². The zero-order valence-electron chi connectivity index (χ0n) is 39.1. The Morgan fingerprint density at radius 3 is 1.24 bits per heavy atom. The van der Waals surface area contributed by atoms with Crippen LogP contribution in [0.25, 0.3) is 0 Å².